The van der Waals surface area contributed by atoms with Gasteiger partial charge in [0.25, 0.3) is 0 Å². The number of para-hydroxylation sites is 1. The molecular weight excluding hydrogens is 322 g/mol. The zero-order valence-corrected chi connectivity index (χ0v) is 14.9. The molecular formula is C18H23N3O2S. The number of benzene rings is 1. The zero-order chi connectivity index (χ0) is 16.9. The Kier molecular flexibility index (Phi) is 5.35. The lowest BCUT2D eigenvalue weighted by atomic mass is 9.98. The Balaban J connectivity index is 1.44. The van der Waals surface area contributed by atoms with Gasteiger partial charge >= 0.3 is 6.03 Å². The van der Waals surface area contributed by atoms with Crippen LogP contribution in [0.5, 0.6) is 5.75 Å². The van der Waals surface area contributed by atoms with Crippen molar-refractivity contribution in [1.29, 1.82) is 0 Å². The van der Waals surface area contributed by atoms with Crippen molar-refractivity contribution in [3.05, 3.63) is 40.9 Å². The summed E-state index contributed by atoms with van der Waals surface area (Å²) in [7, 11) is 0. The number of urea groups is 1. The number of hydrogen-bond acceptors (Lipinski definition) is 4. The van der Waals surface area contributed by atoms with E-state index in [1.807, 2.05) is 35.4 Å². The van der Waals surface area contributed by atoms with Gasteiger partial charge in [0.1, 0.15) is 5.75 Å². The van der Waals surface area contributed by atoms with E-state index in [0.717, 1.165) is 42.9 Å². The van der Waals surface area contributed by atoms with Crippen LogP contribution in [0.1, 0.15) is 24.1 Å². The van der Waals surface area contributed by atoms with Crippen molar-refractivity contribution >= 4 is 22.5 Å². The number of thiazole rings is 1. The summed E-state index contributed by atoms with van der Waals surface area (Å²) in [4.78, 5) is 18.4. The molecule has 0 atom stereocenters. The van der Waals surface area contributed by atoms with E-state index in [-0.39, 0.29) is 6.03 Å². The number of anilines is 1. The van der Waals surface area contributed by atoms with Gasteiger partial charge in [-0.3, -0.25) is 5.32 Å². The smallest absolute Gasteiger partial charge is 0.323 e. The highest BCUT2D eigenvalue weighted by Gasteiger charge is 2.23. The van der Waals surface area contributed by atoms with Gasteiger partial charge in [-0.1, -0.05) is 18.2 Å². The van der Waals surface area contributed by atoms with Gasteiger partial charge in [-0.2, -0.15) is 0 Å². The fourth-order valence-corrected chi connectivity index (χ4v) is 3.49. The van der Waals surface area contributed by atoms with E-state index in [2.05, 4.69) is 23.3 Å². The van der Waals surface area contributed by atoms with Crippen LogP contribution in [0.25, 0.3) is 0 Å². The average molecular weight is 345 g/mol. The molecule has 2 aromatic rings. The highest BCUT2D eigenvalue weighted by atomic mass is 32.1. The third kappa shape index (κ3) is 4.26. The van der Waals surface area contributed by atoms with Gasteiger partial charge < -0.3 is 9.64 Å². The number of hydrogen-bond donors (Lipinski definition) is 1. The number of carbonyl (C=O) groups excluding carboxylic acids is 1. The second kappa shape index (κ2) is 7.66. The fraction of sp³-hybridized carbons (Fsp3) is 0.444. The van der Waals surface area contributed by atoms with Crippen LogP contribution < -0.4 is 10.1 Å². The molecule has 0 aliphatic carbocycles. The number of nitrogens with zero attached hydrogens (tertiary/aromatic N) is 2. The molecule has 2 amide bonds. The normalized spacial score (nSPS) is 15.3. The lowest BCUT2D eigenvalue weighted by Gasteiger charge is -2.31. The highest BCUT2D eigenvalue weighted by Crippen LogP contribution is 2.22. The summed E-state index contributed by atoms with van der Waals surface area (Å²) in [6, 6.07) is 8.03. The Morgan fingerprint density at radius 1 is 1.33 bits per heavy atom. The van der Waals surface area contributed by atoms with Crippen molar-refractivity contribution in [2.24, 2.45) is 5.92 Å². The molecule has 0 saturated carbocycles. The molecule has 1 aromatic carbocycles. The first-order valence-corrected chi connectivity index (χ1v) is 9.16. The number of ether oxygens (including phenoxy) is 1. The van der Waals surface area contributed by atoms with Crippen LogP contribution in [0.15, 0.2) is 29.6 Å². The van der Waals surface area contributed by atoms with Crippen LogP contribution >= 0.6 is 11.3 Å². The molecule has 24 heavy (non-hydrogen) atoms. The van der Waals surface area contributed by atoms with Crippen LogP contribution in [0, 0.1) is 19.8 Å². The van der Waals surface area contributed by atoms with Gasteiger partial charge in [0.15, 0.2) is 5.13 Å². The number of amides is 2. The van der Waals surface area contributed by atoms with E-state index < -0.39 is 0 Å². The molecule has 1 aromatic heterocycles. The monoisotopic (exact) mass is 345 g/mol. The Bertz CT molecular complexity index is 693. The minimum Gasteiger partial charge on any atom is -0.493 e. The Labute approximate surface area is 146 Å². The van der Waals surface area contributed by atoms with Crippen molar-refractivity contribution in [3.8, 4) is 5.75 Å². The van der Waals surface area contributed by atoms with Crippen molar-refractivity contribution in [1.82, 2.24) is 9.88 Å². The number of rotatable bonds is 4. The molecule has 0 radical (unpaired) electrons. The third-order valence-corrected chi connectivity index (χ3v) is 5.18. The first-order valence-electron chi connectivity index (χ1n) is 8.28. The highest BCUT2D eigenvalue weighted by molar-refractivity contribution is 7.13. The SMILES string of the molecule is Cc1csc(NC(=O)N2CCC(COc3ccccc3C)CC2)n1. The molecule has 1 N–H and O–H groups in total. The summed E-state index contributed by atoms with van der Waals surface area (Å²) >= 11 is 1.46. The van der Waals surface area contributed by atoms with E-state index in [1.165, 1.54) is 11.3 Å². The summed E-state index contributed by atoms with van der Waals surface area (Å²) < 4.78 is 5.94. The van der Waals surface area contributed by atoms with E-state index in [9.17, 15) is 4.79 Å². The van der Waals surface area contributed by atoms with Crippen molar-refractivity contribution in [2.45, 2.75) is 26.7 Å². The Hall–Kier alpha value is -2.08. The first-order chi connectivity index (χ1) is 11.6. The fourth-order valence-electron chi connectivity index (χ4n) is 2.81. The van der Waals surface area contributed by atoms with Crippen LogP contribution in [-0.4, -0.2) is 35.6 Å². The zero-order valence-electron chi connectivity index (χ0n) is 14.1. The standard InChI is InChI=1S/C18H23N3O2S/c1-13-5-3-4-6-16(13)23-11-15-7-9-21(10-8-15)18(22)20-17-19-14(2)12-24-17/h3-6,12,15H,7-11H2,1-2H3,(H,19,20,22). The third-order valence-electron chi connectivity index (χ3n) is 4.30. The van der Waals surface area contributed by atoms with Gasteiger partial charge in [-0.25, -0.2) is 9.78 Å². The number of carbonyl (C=O) groups is 1. The predicted molar refractivity (Wildman–Crippen MR) is 96.8 cm³/mol. The lowest BCUT2D eigenvalue weighted by Crippen LogP contribution is -2.42. The van der Waals surface area contributed by atoms with Crippen LogP contribution in [0.3, 0.4) is 0 Å². The number of aryl methyl sites for hydroxylation is 2. The molecule has 0 spiro atoms. The molecule has 1 aliphatic heterocycles. The van der Waals surface area contributed by atoms with Gasteiger partial charge in [0.2, 0.25) is 0 Å². The van der Waals surface area contributed by atoms with Crippen LogP contribution in [0.2, 0.25) is 0 Å². The molecule has 3 rings (SSSR count). The quantitative estimate of drug-likeness (QED) is 0.908. The van der Waals surface area contributed by atoms with E-state index in [4.69, 9.17) is 4.74 Å². The van der Waals surface area contributed by atoms with Gasteiger partial charge in [-0.05, 0) is 44.2 Å². The first kappa shape index (κ1) is 16.8. The number of piperidine rings is 1. The van der Waals surface area contributed by atoms with Crippen molar-refractivity contribution < 1.29 is 9.53 Å². The van der Waals surface area contributed by atoms with Gasteiger partial charge in [0, 0.05) is 18.5 Å². The molecule has 128 valence electrons. The molecule has 5 nitrogen and oxygen atoms in total. The Morgan fingerprint density at radius 3 is 2.75 bits per heavy atom. The Morgan fingerprint density at radius 2 is 2.08 bits per heavy atom. The van der Waals surface area contributed by atoms with E-state index in [1.54, 1.807) is 0 Å². The maximum absolute atomic E-state index is 12.3. The molecule has 1 fully saturated rings. The summed E-state index contributed by atoms with van der Waals surface area (Å²) in [5.74, 6) is 1.45. The van der Waals surface area contributed by atoms with Crippen molar-refractivity contribution in [3.63, 3.8) is 0 Å². The largest absolute Gasteiger partial charge is 0.493 e. The summed E-state index contributed by atoms with van der Waals surface area (Å²) in [5, 5.41) is 5.48. The average Bonchev–Trinajstić information content (AvgIpc) is 2.99. The minimum atomic E-state index is -0.0531. The second-order valence-corrected chi connectivity index (χ2v) is 7.09. The summed E-state index contributed by atoms with van der Waals surface area (Å²) in [6.07, 6.45) is 1.94. The molecule has 0 bridgehead atoms. The molecule has 0 unspecified atom stereocenters. The van der Waals surface area contributed by atoms with Gasteiger partial charge in [0.05, 0.1) is 12.3 Å². The number of aromatic nitrogens is 1. The number of likely N-dealkylation sites (tertiary alicyclic amines) is 1. The maximum Gasteiger partial charge on any atom is 0.323 e. The van der Waals surface area contributed by atoms with Crippen LogP contribution in [0.4, 0.5) is 9.93 Å². The second-order valence-electron chi connectivity index (χ2n) is 6.23. The molecule has 6 heteroatoms. The lowest BCUT2D eigenvalue weighted by molar-refractivity contribution is 0.152. The molecule has 2 heterocycles. The van der Waals surface area contributed by atoms with Crippen LogP contribution in [-0.2, 0) is 0 Å². The summed E-state index contributed by atoms with van der Waals surface area (Å²) in [5.41, 5.74) is 2.09. The van der Waals surface area contributed by atoms with E-state index in [0.29, 0.717) is 17.7 Å². The maximum atomic E-state index is 12.3. The van der Waals surface area contributed by atoms with Gasteiger partial charge in [-0.15, -0.1) is 11.3 Å². The number of nitrogens with one attached hydrogen (secondary N) is 1. The van der Waals surface area contributed by atoms with E-state index >= 15 is 0 Å². The minimum absolute atomic E-state index is 0.0531. The van der Waals surface area contributed by atoms with Crippen molar-refractivity contribution in [2.75, 3.05) is 25.0 Å². The predicted octanol–water partition coefficient (Wildman–Crippen LogP) is 4.08. The molecule has 1 aliphatic rings. The summed E-state index contributed by atoms with van der Waals surface area (Å²) in [6.45, 7) is 6.22. The topological polar surface area (TPSA) is 54.5 Å². The molecule has 1 saturated heterocycles.